The van der Waals surface area contributed by atoms with Gasteiger partial charge in [-0.05, 0) is 41.0 Å². The van der Waals surface area contributed by atoms with Crippen LogP contribution in [0.5, 0.6) is 0 Å². The first-order chi connectivity index (χ1) is 17.8. The number of hydrogen-bond acceptors (Lipinski definition) is 4. The van der Waals surface area contributed by atoms with Crippen LogP contribution in [-0.4, -0.2) is 26.7 Å². The number of rotatable bonds is 7. The number of alkyl halides is 3. The molecule has 0 saturated heterocycles. The van der Waals surface area contributed by atoms with E-state index in [4.69, 9.17) is 23.2 Å². The quantitative estimate of drug-likeness (QED) is 0.111. The molecule has 4 aromatic rings. The van der Waals surface area contributed by atoms with Crippen molar-refractivity contribution in [3.05, 3.63) is 124 Å². The summed E-state index contributed by atoms with van der Waals surface area (Å²) < 4.78 is 46.6. The topological polar surface area (TPSA) is 78.0 Å². The molecular weight excluding hydrogens is 678 g/mol. The predicted octanol–water partition coefficient (Wildman–Crippen LogP) is 8.40. The Kier molecular flexibility index (Phi) is 8.04. The number of ketones is 1. The fourth-order valence-electron chi connectivity index (χ4n) is 4.10. The van der Waals surface area contributed by atoms with Gasteiger partial charge in [0.05, 0.1) is 16.1 Å². The number of benzene rings is 3. The highest BCUT2D eigenvalue weighted by atomic mass is 79.9. The molecule has 0 radical (unpaired) electrons. The number of halogens is 7. The molecule has 0 aliphatic heterocycles. The Balaban J connectivity index is 1.87. The van der Waals surface area contributed by atoms with E-state index in [1.807, 2.05) is 0 Å². The van der Waals surface area contributed by atoms with Gasteiger partial charge in [0.25, 0.3) is 5.69 Å². The summed E-state index contributed by atoms with van der Waals surface area (Å²) in [6.45, 7) is 0. The molecule has 1 unspecified atom stereocenters. The molecule has 196 valence electrons. The average molecular weight is 692 g/mol. The van der Waals surface area contributed by atoms with E-state index in [-0.39, 0.29) is 47.8 Å². The number of non-ortho nitro benzene ring substituents is 1. The third kappa shape index (κ3) is 5.25. The smallest absolute Gasteiger partial charge is 0.294 e. The van der Waals surface area contributed by atoms with Gasteiger partial charge >= 0.3 is 6.18 Å². The number of Topliss-reactive ketones (excluding diaryl/α,β-unsaturated/α-hetero) is 1. The van der Waals surface area contributed by atoms with Gasteiger partial charge in [-0.15, -0.1) is 0 Å². The van der Waals surface area contributed by atoms with Crippen LogP contribution in [0.2, 0.25) is 10.0 Å². The first-order valence-corrected chi connectivity index (χ1v) is 13.0. The predicted molar refractivity (Wildman–Crippen MR) is 144 cm³/mol. The van der Waals surface area contributed by atoms with E-state index in [1.54, 1.807) is 0 Å². The standard InChI is InChI=1S/C25H14Br2Cl2F3N3O3/c26-21-9-16(10-22(27)20(21)11-23(36)14-2-1-3-19(8-14)35(37)38)24(25(30,31)32,34-13-18(29)12-33-34)15-4-6-17(28)7-5-15/h1-10,12-13H,11H2. The fraction of sp³-hybridized carbons (Fsp3) is 0.120. The van der Waals surface area contributed by atoms with Gasteiger partial charge in [-0.25, -0.2) is 4.68 Å². The summed E-state index contributed by atoms with van der Waals surface area (Å²) in [5.41, 5.74) is -3.00. The van der Waals surface area contributed by atoms with Crippen molar-refractivity contribution in [3.8, 4) is 0 Å². The number of aromatic nitrogens is 2. The van der Waals surface area contributed by atoms with Crippen molar-refractivity contribution < 1.29 is 22.9 Å². The molecule has 4 rings (SSSR count). The van der Waals surface area contributed by atoms with Crippen LogP contribution in [0.4, 0.5) is 18.9 Å². The molecule has 0 spiro atoms. The van der Waals surface area contributed by atoms with E-state index in [0.717, 1.165) is 23.1 Å². The number of nitrogens with zero attached hydrogens (tertiary/aromatic N) is 3. The maximum absolute atomic E-state index is 15.2. The second-order valence-electron chi connectivity index (χ2n) is 8.14. The molecule has 0 aliphatic rings. The zero-order valence-corrected chi connectivity index (χ0v) is 23.5. The minimum absolute atomic E-state index is 0.00453. The van der Waals surface area contributed by atoms with Gasteiger partial charge in [-0.1, -0.05) is 79.3 Å². The fourth-order valence-corrected chi connectivity index (χ4v) is 5.83. The van der Waals surface area contributed by atoms with Crippen LogP contribution in [0, 0.1) is 10.1 Å². The minimum atomic E-state index is -4.91. The molecule has 1 heterocycles. The Morgan fingerprint density at radius 1 is 0.974 bits per heavy atom. The van der Waals surface area contributed by atoms with Gasteiger partial charge in [0, 0.05) is 44.3 Å². The second-order valence-corrected chi connectivity index (χ2v) is 10.7. The molecule has 13 heteroatoms. The van der Waals surface area contributed by atoms with E-state index < -0.39 is 22.4 Å². The lowest BCUT2D eigenvalue weighted by Gasteiger charge is -2.37. The van der Waals surface area contributed by atoms with E-state index >= 15 is 13.2 Å². The minimum Gasteiger partial charge on any atom is -0.294 e. The number of carbonyl (C=O) groups is 1. The number of nitro groups is 1. The van der Waals surface area contributed by atoms with Crippen LogP contribution in [0.25, 0.3) is 0 Å². The van der Waals surface area contributed by atoms with Crippen molar-refractivity contribution in [3.63, 3.8) is 0 Å². The molecule has 0 bridgehead atoms. The molecule has 0 N–H and O–H groups in total. The maximum Gasteiger partial charge on any atom is 0.422 e. The molecule has 1 atom stereocenters. The Labute approximate surface area is 240 Å². The van der Waals surface area contributed by atoms with Gasteiger partial charge in [0.15, 0.2) is 5.78 Å². The molecule has 6 nitrogen and oxygen atoms in total. The lowest BCUT2D eigenvalue weighted by molar-refractivity contribution is -0.384. The van der Waals surface area contributed by atoms with Crippen molar-refractivity contribution >= 4 is 66.5 Å². The highest BCUT2D eigenvalue weighted by molar-refractivity contribution is 9.11. The molecule has 0 saturated carbocycles. The van der Waals surface area contributed by atoms with Gasteiger partial charge in [-0.3, -0.25) is 14.9 Å². The van der Waals surface area contributed by atoms with Gasteiger partial charge in [0.2, 0.25) is 5.54 Å². The van der Waals surface area contributed by atoms with Crippen molar-refractivity contribution in [2.24, 2.45) is 0 Å². The summed E-state index contributed by atoms with van der Waals surface area (Å²) in [7, 11) is 0. The molecule has 0 fully saturated rings. The van der Waals surface area contributed by atoms with Crippen LogP contribution in [-0.2, 0) is 12.0 Å². The Morgan fingerprint density at radius 2 is 1.61 bits per heavy atom. The van der Waals surface area contributed by atoms with Crippen molar-refractivity contribution in [2.45, 2.75) is 18.1 Å². The third-order valence-electron chi connectivity index (χ3n) is 5.84. The SMILES string of the molecule is O=C(Cc1c(Br)cc(C(c2ccc(Cl)cc2)(n2cc(Cl)cn2)C(F)(F)F)cc1Br)c1cccc([N+](=O)[O-])c1. The van der Waals surface area contributed by atoms with E-state index in [9.17, 15) is 14.9 Å². The van der Waals surface area contributed by atoms with Gasteiger partial charge in [0.1, 0.15) is 0 Å². The molecule has 1 aromatic heterocycles. The Bertz CT molecular complexity index is 1520. The largest absolute Gasteiger partial charge is 0.422 e. The third-order valence-corrected chi connectivity index (χ3v) is 7.70. The monoisotopic (exact) mass is 689 g/mol. The summed E-state index contributed by atoms with van der Waals surface area (Å²) in [4.78, 5) is 23.4. The van der Waals surface area contributed by atoms with Crippen molar-refractivity contribution in [1.82, 2.24) is 9.78 Å². The summed E-state index contributed by atoms with van der Waals surface area (Å²) in [6, 6.07) is 13.0. The zero-order valence-electron chi connectivity index (χ0n) is 18.8. The normalized spacial score (nSPS) is 13.2. The average Bonchev–Trinajstić information content (AvgIpc) is 3.28. The Hall–Kier alpha value is -2.73. The molecule has 0 aliphatic carbocycles. The highest BCUT2D eigenvalue weighted by Gasteiger charge is 2.60. The molecule has 3 aromatic carbocycles. The van der Waals surface area contributed by atoms with E-state index in [0.29, 0.717) is 5.56 Å². The summed E-state index contributed by atoms with van der Waals surface area (Å²) >= 11 is 18.6. The zero-order chi connectivity index (χ0) is 27.8. The first kappa shape index (κ1) is 28.3. The lowest BCUT2D eigenvalue weighted by atomic mass is 9.81. The second kappa shape index (κ2) is 10.8. The number of nitro benzene ring substituents is 1. The summed E-state index contributed by atoms with van der Waals surface area (Å²) in [5, 5.41) is 15.2. The number of hydrogen-bond donors (Lipinski definition) is 0. The molecule has 38 heavy (non-hydrogen) atoms. The number of carbonyl (C=O) groups excluding carboxylic acids is 1. The van der Waals surface area contributed by atoms with Gasteiger partial charge in [-0.2, -0.15) is 18.3 Å². The first-order valence-electron chi connectivity index (χ1n) is 10.6. The van der Waals surface area contributed by atoms with Crippen LogP contribution >= 0.6 is 55.1 Å². The summed E-state index contributed by atoms with van der Waals surface area (Å²) in [6.07, 6.45) is -2.97. The van der Waals surface area contributed by atoms with E-state index in [1.165, 1.54) is 54.6 Å². The Morgan fingerprint density at radius 3 is 2.13 bits per heavy atom. The van der Waals surface area contributed by atoms with Crippen LogP contribution in [0.3, 0.4) is 0 Å². The van der Waals surface area contributed by atoms with Crippen molar-refractivity contribution in [2.75, 3.05) is 0 Å². The lowest BCUT2D eigenvalue weighted by Crippen LogP contribution is -2.50. The van der Waals surface area contributed by atoms with Crippen LogP contribution < -0.4 is 0 Å². The van der Waals surface area contributed by atoms with Gasteiger partial charge < -0.3 is 0 Å². The molecule has 0 amide bonds. The maximum atomic E-state index is 15.2. The summed E-state index contributed by atoms with van der Waals surface area (Å²) in [5.74, 6) is -0.457. The van der Waals surface area contributed by atoms with Crippen molar-refractivity contribution in [1.29, 1.82) is 0 Å². The van der Waals surface area contributed by atoms with Crippen LogP contribution in [0.1, 0.15) is 27.0 Å². The van der Waals surface area contributed by atoms with E-state index in [2.05, 4.69) is 37.0 Å². The van der Waals surface area contributed by atoms with Crippen LogP contribution in [0.15, 0.2) is 82.0 Å². The molecular formula is C25H14Br2Cl2F3N3O3. The highest BCUT2D eigenvalue weighted by Crippen LogP contribution is 2.49.